The Kier molecular flexibility index (Phi) is 6.67. The summed E-state index contributed by atoms with van der Waals surface area (Å²) in [5.74, 6) is -0.501. The van der Waals surface area contributed by atoms with Gasteiger partial charge in [0.15, 0.2) is 5.78 Å². The van der Waals surface area contributed by atoms with Crippen LogP contribution in [0, 0.1) is 5.92 Å². The summed E-state index contributed by atoms with van der Waals surface area (Å²) >= 11 is 0. The van der Waals surface area contributed by atoms with Gasteiger partial charge in [-0.3, -0.25) is 9.59 Å². The van der Waals surface area contributed by atoms with Crippen LogP contribution in [-0.4, -0.2) is 37.5 Å². The Morgan fingerprint density at radius 1 is 1.00 bits per heavy atom. The lowest BCUT2D eigenvalue weighted by Gasteiger charge is -2.30. The molecule has 7 heteroatoms. The first-order chi connectivity index (χ1) is 14.5. The Morgan fingerprint density at radius 2 is 1.61 bits per heavy atom. The van der Waals surface area contributed by atoms with Gasteiger partial charge in [-0.15, -0.1) is 0 Å². The van der Waals surface area contributed by atoms with Crippen LogP contribution in [0.4, 0.5) is 5.69 Å². The van der Waals surface area contributed by atoms with Gasteiger partial charge >= 0.3 is 0 Å². The predicted molar refractivity (Wildman–Crippen MR) is 122 cm³/mol. The summed E-state index contributed by atoms with van der Waals surface area (Å²) in [6, 6.07) is 13.9. The molecule has 0 saturated carbocycles. The molecule has 1 N–H and O–H groups in total. The third-order valence-corrected chi connectivity index (χ3v) is 7.62. The van der Waals surface area contributed by atoms with Crippen molar-refractivity contribution >= 4 is 27.4 Å². The van der Waals surface area contributed by atoms with Crippen LogP contribution in [0.2, 0.25) is 0 Å². The molecule has 1 amide bonds. The Balaban J connectivity index is 1.61. The molecule has 0 unspecified atom stereocenters. The molecule has 2 aromatic carbocycles. The number of piperidine rings is 1. The molecule has 31 heavy (non-hydrogen) atoms. The Morgan fingerprint density at radius 3 is 2.16 bits per heavy atom. The number of anilines is 1. The summed E-state index contributed by atoms with van der Waals surface area (Å²) < 4.78 is 27.3. The van der Waals surface area contributed by atoms with E-state index in [0.29, 0.717) is 18.4 Å². The van der Waals surface area contributed by atoms with E-state index in [4.69, 9.17) is 0 Å². The lowest BCUT2D eigenvalue weighted by Crippen LogP contribution is -2.41. The Hall–Kier alpha value is -2.51. The lowest BCUT2D eigenvalue weighted by atomic mass is 9.87. The van der Waals surface area contributed by atoms with E-state index in [-0.39, 0.29) is 41.0 Å². The summed E-state index contributed by atoms with van der Waals surface area (Å²) in [5, 5.41) is 2.95. The number of carbonyl (C=O) groups excluding carboxylic acids is 2. The van der Waals surface area contributed by atoms with Gasteiger partial charge in [-0.05, 0) is 55.0 Å². The van der Waals surface area contributed by atoms with E-state index in [9.17, 15) is 18.0 Å². The van der Waals surface area contributed by atoms with Gasteiger partial charge in [-0.1, -0.05) is 45.0 Å². The fourth-order valence-electron chi connectivity index (χ4n) is 3.68. The standard InChI is InChI=1S/C24H30N2O4S/c1-17(27)19-6-5-7-22(16-19)31(29,30)26-14-12-18(13-15-26)23(28)25-21-10-8-20(9-11-21)24(2,3)4/h5-11,16,18H,12-15H2,1-4H3,(H,25,28). The maximum absolute atomic E-state index is 13.0. The number of Topliss-reactive ketones (excluding diaryl/α,β-unsaturated/α-hetero) is 1. The van der Waals surface area contributed by atoms with Gasteiger partial charge in [0.1, 0.15) is 0 Å². The van der Waals surface area contributed by atoms with Gasteiger partial charge in [0.05, 0.1) is 4.90 Å². The molecule has 3 rings (SSSR count). The third kappa shape index (κ3) is 5.40. The molecule has 166 valence electrons. The van der Waals surface area contributed by atoms with Crippen molar-refractivity contribution in [1.29, 1.82) is 0 Å². The molecule has 0 spiro atoms. The summed E-state index contributed by atoms with van der Waals surface area (Å²) in [6.45, 7) is 8.37. The zero-order valence-electron chi connectivity index (χ0n) is 18.5. The molecule has 6 nitrogen and oxygen atoms in total. The van der Waals surface area contributed by atoms with E-state index < -0.39 is 10.0 Å². The average Bonchev–Trinajstić information content (AvgIpc) is 2.73. The van der Waals surface area contributed by atoms with Crippen molar-refractivity contribution in [2.75, 3.05) is 18.4 Å². The number of hydrogen-bond acceptors (Lipinski definition) is 4. The first kappa shape index (κ1) is 23.2. The van der Waals surface area contributed by atoms with Gasteiger partial charge in [0.2, 0.25) is 15.9 Å². The predicted octanol–water partition coefficient (Wildman–Crippen LogP) is 4.23. The Labute approximate surface area is 184 Å². The van der Waals surface area contributed by atoms with Gasteiger partial charge in [-0.2, -0.15) is 4.31 Å². The van der Waals surface area contributed by atoms with Crippen molar-refractivity contribution in [3.8, 4) is 0 Å². The minimum Gasteiger partial charge on any atom is -0.326 e. The van der Waals surface area contributed by atoms with E-state index in [1.54, 1.807) is 12.1 Å². The monoisotopic (exact) mass is 442 g/mol. The number of rotatable bonds is 5. The highest BCUT2D eigenvalue weighted by Gasteiger charge is 2.32. The number of nitrogens with zero attached hydrogens (tertiary/aromatic N) is 1. The fourth-order valence-corrected chi connectivity index (χ4v) is 5.20. The van der Waals surface area contributed by atoms with Crippen molar-refractivity contribution in [3.63, 3.8) is 0 Å². The average molecular weight is 443 g/mol. The molecule has 1 fully saturated rings. The number of benzene rings is 2. The van der Waals surface area contributed by atoms with Crippen molar-refractivity contribution in [2.24, 2.45) is 5.92 Å². The molecule has 0 atom stereocenters. The van der Waals surface area contributed by atoms with Crippen LogP contribution < -0.4 is 5.32 Å². The summed E-state index contributed by atoms with van der Waals surface area (Å²) in [6.07, 6.45) is 0.912. The molecule has 1 saturated heterocycles. The number of nitrogens with one attached hydrogen (secondary N) is 1. The topological polar surface area (TPSA) is 83.6 Å². The molecular formula is C24H30N2O4S. The van der Waals surface area contributed by atoms with Gasteiger partial charge in [0.25, 0.3) is 0 Å². The first-order valence-corrected chi connectivity index (χ1v) is 11.9. The molecular weight excluding hydrogens is 412 g/mol. The highest BCUT2D eigenvalue weighted by molar-refractivity contribution is 7.89. The van der Waals surface area contributed by atoms with E-state index in [1.165, 1.54) is 28.9 Å². The van der Waals surface area contributed by atoms with E-state index in [2.05, 4.69) is 26.1 Å². The quantitative estimate of drug-likeness (QED) is 0.703. The van der Waals surface area contributed by atoms with Gasteiger partial charge in [0, 0.05) is 30.3 Å². The number of amides is 1. The van der Waals surface area contributed by atoms with Crippen molar-refractivity contribution in [2.45, 2.75) is 50.8 Å². The second kappa shape index (κ2) is 8.93. The molecule has 1 aliphatic rings. The molecule has 2 aromatic rings. The van der Waals surface area contributed by atoms with Crippen LogP contribution in [0.5, 0.6) is 0 Å². The smallest absolute Gasteiger partial charge is 0.243 e. The molecule has 0 radical (unpaired) electrons. The zero-order valence-corrected chi connectivity index (χ0v) is 19.3. The normalized spacial score (nSPS) is 16.1. The van der Waals surface area contributed by atoms with Gasteiger partial charge < -0.3 is 5.32 Å². The van der Waals surface area contributed by atoms with Crippen LogP contribution >= 0.6 is 0 Å². The third-order valence-electron chi connectivity index (χ3n) is 5.72. The first-order valence-electron chi connectivity index (χ1n) is 10.5. The van der Waals surface area contributed by atoms with E-state index >= 15 is 0 Å². The van der Waals surface area contributed by atoms with Crippen molar-refractivity contribution in [3.05, 3.63) is 59.7 Å². The van der Waals surface area contributed by atoms with Crippen molar-refractivity contribution in [1.82, 2.24) is 4.31 Å². The minimum absolute atomic E-state index is 0.0464. The minimum atomic E-state index is -3.70. The highest BCUT2D eigenvalue weighted by Crippen LogP contribution is 2.27. The summed E-state index contributed by atoms with van der Waals surface area (Å²) in [5.41, 5.74) is 2.35. The van der Waals surface area contributed by atoms with Crippen LogP contribution in [0.1, 0.15) is 56.5 Å². The highest BCUT2D eigenvalue weighted by atomic mass is 32.2. The van der Waals surface area contributed by atoms with E-state index in [1.807, 2.05) is 24.3 Å². The molecule has 0 bridgehead atoms. The van der Waals surface area contributed by atoms with Crippen LogP contribution in [0.25, 0.3) is 0 Å². The largest absolute Gasteiger partial charge is 0.326 e. The zero-order chi connectivity index (χ0) is 22.8. The lowest BCUT2D eigenvalue weighted by molar-refractivity contribution is -0.120. The van der Waals surface area contributed by atoms with Crippen LogP contribution in [-0.2, 0) is 20.2 Å². The van der Waals surface area contributed by atoms with Crippen LogP contribution in [0.15, 0.2) is 53.4 Å². The number of carbonyl (C=O) groups is 2. The van der Waals surface area contributed by atoms with E-state index in [0.717, 1.165) is 5.69 Å². The number of ketones is 1. The summed E-state index contributed by atoms with van der Waals surface area (Å²) in [7, 11) is -3.70. The summed E-state index contributed by atoms with van der Waals surface area (Å²) in [4.78, 5) is 24.4. The maximum Gasteiger partial charge on any atom is 0.243 e. The van der Waals surface area contributed by atoms with Gasteiger partial charge in [-0.25, -0.2) is 8.42 Å². The second-order valence-electron chi connectivity index (χ2n) is 9.08. The number of hydrogen-bond donors (Lipinski definition) is 1. The number of sulfonamides is 1. The Bertz CT molecular complexity index is 1060. The fraction of sp³-hybridized carbons (Fsp3) is 0.417. The van der Waals surface area contributed by atoms with Crippen LogP contribution in [0.3, 0.4) is 0 Å². The molecule has 0 aromatic heterocycles. The maximum atomic E-state index is 13.0. The molecule has 0 aliphatic carbocycles. The molecule has 1 heterocycles. The second-order valence-corrected chi connectivity index (χ2v) is 11.0. The molecule has 1 aliphatic heterocycles. The SMILES string of the molecule is CC(=O)c1cccc(S(=O)(=O)N2CCC(C(=O)Nc3ccc(C(C)(C)C)cc3)CC2)c1. The van der Waals surface area contributed by atoms with Crippen molar-refractivity contribution < 1.29 is 18.0 Å².